The topological polar surface area (TPSA) is 82.5 Å². The minimum Gasteiger partial charge on any atom is -0.399 e. The van der Waals surface area contributed by atoms with Crippen molar-refractivity contribution in [3.8, 4) is 10.6 Å². The first-order valence-electron chi connectivity index (χ1n) is 6.74. The van der Waals surface area contributed by atoms with Crippen molar-refractivity contribution in [2.75, 3.05) is 5.73 Å². The molecule has 6 nitrogen and oxygen atoms in total. The molecule has 4 aromatic rings. The van der Waals surface area contributed by atoms with E-state index in [1.54, 1.807) is 22.3 Å². The third-order valence-corrected chi connectivity index (χ3v) is 4.21. The molecule has 0 spiro atoms. The number of rotatable bonds is 3. The van der Waals surface area contributed by atoms with E-state index in [4.69, 9.17) is 5.73 Å². The Labute approximate surface area is 130 Å². The van der Waals surface area contributed by atoms with Gasteiger partial charge in [-0.15, -0.1) is 16.4 Å². The number of hydrogen-bond acceptors (Lipinski definition) is 6. The van der Waals surface area contributed by atoms with Crippen LogP contribution in [0.5, 0.6) is 0 Å². The van der Waals surface area contributed by atoms with E-state index in [-0.39, 0.29) is 0 Å². The fourth-order valence-corrected chi connectivity index (χ4v) is 3.08. The number of nitrogens with two attached hydrogens (primary N) is 1. The summed E-state index contributed by atoms with van der Waals surface area (Å²) in [4.78, 5) is 9.74. The number of fused-ring (bicyclic) bond motifs is 1. The summed E-state index contributed by atoms with van der Waals surface area (Å²) in [7, 11) is 0. The minimum atomic E-state index is 0.572. The molecule has 0 aliphatic carbocycles. The standard InChI is InChI=1S/C15H12N6S/c16-11-4-1-3-10(7-11)8-21-15-14(19-20-21)13(17-9-18-15)12-5-2-6-22-12/h1-7,9H,8,16H2. The largest absolute Gasteiger partial charge is 0.399 e. The van der Waals surface area contributed by atoms with Crippen LogP contribution in [-0.2, 0) is 6.54 Å². The molecule has 0 atom stereocenters. The zero-order chi connectivity index (χ0) is 14.9. The van der Waals surface area contributed by atoms with Crippen LogP contribution >= 0.6 is 11.3 Å². The Bertz CT molecular complexity index is 928. The molecule has 0 aliphatic heterocycles. The number of aromatic nitrogens is 5. The first-order valence-corrected chi connectivity index (χ1v) is 7.62. The van der Waals surface area contributed by atoms with E-state index in [0.717, 1.165) is 27.5 Å². The van der Waals surface area contributed by atoms with E-state index in [1.165, 1.54) is 0 Å². The molecule has 0 bridgehead atoms. The SMILES string of the molecule is Nc1cccc(Cn2nnc3c(-c4cccs4)ncnc32)c1. The number of thiophene rings is 1. The van der Waals surface area contributed by atoms with Crippen LogP contribution in [0.2, 0.25) is 0 Å². The Morgan fingerprint density at radius 1 is 1.14 bits per heavy atom. The maximum Gasteiger partial charge on any atom is 0.182 e. The van der Waals surface area contributed by atoms with E-state index in [2.05, 4.69) is 20.3 Å². The smallest absolute Gasteiger partial charge is 0.182 e. The van der Waals surface area contributed by atoms with Gasteiger partial charge in [-0.05, 0) is 29.1 Å². The van der Waals surface area contributed by atoms with E-state index >= 15 is 0 Å². The summed E-state index contributed by atoms with van der Waals surface area (Å²) >= 11 is 1.62. The van der Waals surface area contributed by atoms with Crippen molar-refractivity contribution >= 4 is 28.2 Å². The van der Waals surface area contributed by atoms with Crippen LogP contribution in [-0.4, -0.2) is 25.0 Å². The van der Waals surface area contributed by atoms with Crippen molar-refractivity contribution in [2.24, 2.45) is 0 Å². The second kappa shape index (κ2) is 5.19. The average Bonchev–Trinajstić information content (AvgIpc) is 3.17. The van der Waals surface area contributed by atoms with Crippen molar-refractivity contribution in [3.05, 3.63) is 53.7 Å². The van der Waals surface area contributed by atoms with Crippen LogP contribution in [0.3, 0.4) is 0 Å². The van der Waals surface area contributed by atoms with Gasteiger partial charge in [0.1, 0.15) is 12.0 Å². The van der Waals surface area contributed by atoms with Gasteiger partial charge in [0.2, 0.25) is 0 Å². The summed E-state index contributed by atoms with van der Waals surface area (Å²) in [6.07, 6.45) is 1.55. The van der Waals surface area contributed by atoms with Gasteiger partial charge < -0.3 is 5.73 Å². The molecular formula is C15H12N6S. The quantitative estimate of drug-likeness (QED) is 0.588. The molecule has 108 valence electrons. The van der Waals surface area contributed by atoms with Crippen molar-refractivity contribution in [3.63, 3.8) is 0 Å². The molecule has 0 radical (unpaired) electrons. The summed E-state index contributed by atoms with van der Waals surface area (Å²) in [6.45, 7) is 0.572. The maximum absolute atomic E-state index is 5.82. The average molecular weight is 308 g/mol. The molecule has 0 amide bonds. The molecular weight excluding hydrogens is 296 g/mol. The molecule has 3 aromatic heterocycles. The Hall–Kier alpha value is -2.80. The highest BCUT2D eigenvalue weighted by Gasteiger charge is 2.14. The highest BCUT2D eigenvalue weighted by Crippen LogP contribution is 2.27. The molecule has 3 heterocycles. The molecule has 0 saturated heterocycles. The second-order valence-corrected chi connectivity index (χ2v) is 5.81. The van der Waals surface area contributed by atoms with Gasteiger partial charge in [-0.3, -0.25) is 0 Å². The van der Waals surface area contributed by atoms with Gasteiger partial charge in [0.15, 0.2) is 11.2 Å². The van der Waals surface area contributed by atoms with Crippen LogP contribution in [0.25, 0.3) is 21.7 Å². The molecule has 2 N–H and O–H groups in total. The molecule has 0 aliphatic rings. The lowest BCUT2D eigenvalue weighted by Crippen LogP contribution is -2.03. The summed E-state index contributed by atoms with van der Waals surface area (Å²) in [5.41, 5.74) is 9.87. The molecule has 0 saturated carbocycles. The highest BCUT2D eigenvalue weighted by molar-refractivity contribution is 7.13. The second-order valence-electron chi connectivity index (χ2n) is 4.86. The zero-order valence-corrected chi connectivity index (χ0v) is 12.4. The lowest BCUT2D eigenvalue weighted by Gasteiger charge is -2.03. The van der Waals surface area contributed by atoms with Gasteiger partial charge in [-0.2, -0.15) is 0 Å². The van der Waals surface area contributed by atoms with Crippen LogP contribution in [0, 0.1) is 0 Å². The minimum absolute atomic E-state index is 0.572. The Morgan fingerprint density at radius 3 is 2.91 bits per heavy atom. The van der Waals surface area contributed by atoms with Crippen LogP contribution in [0.15, 0.2) is 48.1 Å². The van der Waals surface area contributed by atoms with Crippen molar-refractivity contribution in [2.45, 2.75) is 6.54 Å². The summed E-state index contributed by atoms with van der Waals surface area (Å²) < 4.78 is 1.77. The van der Waals surface area contributed by atoms with Crippen LogP contribution < -0.4 is 5.73 Å². The highest BCUT2D eigenvalue weighted by atomic mass is 32.1. The van der Waals surface area contributed by atoms with E-state index in [1.807, 2.05) is 41.8 Å². The predicted octanol–water partition coefficient (Wildman–Crippen LogP) is 2.58. The first-order chi connectivity index (χ1) is 10.8. The molecule has 7 heteroatoms. The lowest BCUT2D eigenvalue weighted by molar-refractivity contribution is 0.664. The Kier molecular flexibility index (Phi) is 3.05. The number of hydrogen-bond donors (Lipinski definition) is 1. The summed E-state index contributed by atoms with van der Waals surface area (Å²) in [5, 5.41) is 10.5. The van der Waals surface area contributed by atoms with Crippen molar-refractivity contribution < 1.29 is 0 Å². The van der Waals surface area contributed by atoms with E-state index < -0.39 is 0 Å². The fraction of sp³-hybridized carbons (Fsp3) is 0.0667. The van der Waals surface area contributed by atoms with Gasteiger partial charge >= 0.3 is 0 Å². The summed E-state index contributed by atoms with van der Waals surface area (Å²) in [5.74, 6) is 0. The monoisotopic (exact) mass is 308 g/mol. The van der Waals surface area contributed by atoms with Crippen LogP contribution in [0.4, 0.5) is 5.69 Å². The molecule has 0 unspecified atom stereocenters. The van der Waals surface area contributed by atoms with E-state index in [0.29, 0.717) is 12.1 Å². The Morgan fingerprint density at radius 2 is 2.09 bits per heavy atom. The van der Waals surface area contributed by atoms with Crippen molar-refractivity contribution in [1.82, 2.24) is 25.0 Å². The van der Waals surface area contributed by atoms with Gasteiger partial charge in [-0.25, -0.2) is 14.6 Å². The number of nitrogens with zero attached hydrogens (tertiary/aromatic N) is 5. The molecule has 1 aromatic carbocycles. The van der Waals surface area contributed by atoms with Gasteiger partial charge in [0, 0.05) is 5.69 Å². The predicted molar refractivity (Wildman–Crippen MR) is 86.4 cm³/mol. The molecule has 0 fully saturated rings. The first kappa shape index (κ1) is 12.9. The maximum atomic E-state index is 5.82. The molecule has 22 heavy (non-hydrogen) atoms. The van der Waals surface area contributed by atoms with E-state index in [9.17, 15) is 0 Å². The zero-order valence-electron chi connectivity index (χ0n) is 11.5. The normalized spacial score (nSPS) is 11.1. The van der Waals surface area contributed by atoms with Gasteiger partial charge in [0.25, 0.3) is 0 Å². The number of benzene rings is 1. The van der Waals surface area contributed by atoms with Gasteiger partial charge in [-0.1, -0.05) is 23.4 Å². The number of anilines is 1. The third kappa shape index (κ3) is 2.21. The third-order valence-electron chi connectivity index (χ3n) is 3.34. The number of nitrogen functional groups attached to an aromatic ring is 1. The summed E-state index contributed by atoms with van der Waals surface area (Å²) in [6, 6.07) is 11.7. The van der Waals surface area contributed by atoms with Crippen molar-refractivity contribution in [1.29, 1.82) is 0 Å². The Balaban J connectivity index is 1.79. The van der Waals surface area contributed by atoms with Gasteiger partial charge in [0.05, 0.1) is 11.4 Å². The lowest BCUT2D eigenvalue weighted by atomic mass is 10.2. The fourth-order valence-electron chi connectivity index (χ4n) is 2.36. The van der Waals surface area contributed by atoms with Crippen LogP contribution in [0.1, 0.15) is 5.56 Å². The molecule has 4 rings (SSSR count).